The van der Waals surface area contributed by atoms with E-state index < -0.39 is 17.4 Å². The Labute approximate surface area is 169 Å². The predicted octanol–water partition coefficient (Wildman–Crippen LogP) is 2.90. The van der Waals surface area contributed by atoms with Gasteiger partial charge in [0.05, 0.1) is 0 Å². The first-order valence-electron chi connectivity index (χ1n) is 9.29. The molecule has 1 aromatic heterocycles. The number of H-pyrrole nitrogens is 1. The summed E-state index contributed by atoms with van der Waals surface area (Å²) in [5, 5.41) is 11.9. The molecule has 152 valence electrons. The Bertz CT molecular complexity index is 1040. The van der Waals surface area contributed by atoms with Gasteiger partial charge in [0.25, 0.3) is 11.5 Å². The molecule has 0 aliphatic rings. The minimum Gasteiger partial charge on any atom is -0.456 e. The standard InChI is InChI=1S/C22H25N3O4/c1-12-8-13(2)21(14(3)9-12)25-19(26)11-29-20(27)7-6-17-15(4)18(10-23)22(28)24-16(17)5/h8-9H,6-7,11H2,1-5H3,(H,24,28)(H,25,26). The molecular weight excluding hydrogens is 370 g/mol. The quantitative estimate of drug-likeness (QED) is 0.731. The smallest absolute Gasteiger partial charge is 0.306 e. The summed E-state index contributed by atoms with van der Waals surface area (Å²) in [7, 11) is 0. The van der Waals surface area contributed by atoms with E-state index in [1.807, 2.05) is 39.0 Å². The number of aromatic nitrogens is 1. The molecule has 0 unspecified atom stereocenters. The highest BCUT2D eigenvalue weighted by Gasteiger charge is 2.15. The number of pyridine rings is 1. The van der Waals surface area contributed by atoms with Crippen molar-refractivity contribution in [3.8, 4) is 6.07 Å². The van der Waals surface area contributed by atoms with Gasteiger partial charge in [0.1, 0.15) is 11.6 Å². The van der Waals surface area contributed by atoms with E-state index in [2.05, 4.69) is 10.3 Å². The molecule has 7 nitrogen and oxygen atoms in total. The number of hydrogen-bond acceptors (Lipinski definition) is 5. The first-order valence-corrected chi connectivity index (χ1v) is 9.29. The minimum absolute atomic E-state index is 0.0362. The van der Waals surface area contributed by atoms with Crippen LogP contribution in [0, 0.1) is 45.9 Å². The normalized spacial score (nSPS) is 10.3. The molecule has 1 aromatic carbocycles. The summed E-state index contributed by atoms with van der Waals surface area (Å²) in [4.78, 5) is 38.6. The number of carbonyl (C=O) groups excluding carboxylic acids is 2. The van der Waals surface area contributed by atoms with E-state index in [9.17, 15) is 14.4 Å². The predicted molar refractivity (Wildman–Crippen MR) is 110 cm³/mol. The molecule has 2 aromatic rings. The van der Waals surface area contributed by atoms with Gasteiger partial charge in [-0.1, -0.05) is 17.7 Å². The summed E-state index contributed by atoms with van der Waals surface area (Å²) >= 11 is 0. The second kappa shape index (κ2) is 9.20. The number of benzene rings is 1. The van der Waals surface area contributed by atoms with Gasteiger partial charge in [0.2, 0.25) is 0 Å². The lowest BCUT2D eigenvalue weighted by molar-refractivity contribution is -0.147. The van der Waals surface area contributed by atoms with Gasteiger partial charge in [-0.05, 0) is 63.3 Å². The van der Waals surface area contributed by atoms with Gasteiger partial charge in [0, 0.05) is 17.8 Å². The molecule has 0 aliphatic carbocycles. The number of esters is 1. The molecule has 0 spiro atoms. The average Bonchev–Trinajstić information content (AvgIpc) is 2.62. The zero-order chi connectivity index (χ0) is 21.7. The van der Waals surface area contributed by atoms with Gasteiger partial charge in [0.15, 0.2) is 6.61 Å². The second-order valence-electron chi connectivity index (χ2n) is 7.15. The molecule has 2 N–H and O–H groups in total. The number of aryl methyl sites for hydroxylation is 4. The molecule has 2 rings (SSSR count). The van der Waals surface area contributed by atoms with E-state index in [0.29, 0.717) is 17.7 Å². The van der Waals surface area contributed by atoms with E-state index >= 15 is 0 Å². The maximum atomic E-state index is 12.1. The Morgan fingerprint density at radius 3 is 2.34 bits per heavy atom. The van der Waals surface area contributed by atoms with Gasteiger partial charge < -0.3 is 15.0 Å². The van der Waals surface area contributed by atoms with Crippen molar-refractivity contribution < 1.29 is 14.3 Å². The molecular formula is C22H25N3O4. The molecule has 0 saturated heterocycles. The Morgan fingerprint density at radius 2 is 1.76 bits per heavy atom. The number of nitriles is 1. The number of carbonyl (C=O) groups is 2. The van der Waals surface area contributed by atoms with Crippen molar-refractivity contribution in [3.05, 3.63) is 61.6 Å². The SMILES string of the molecule is Cc1cc(C)c(NC(=O)COC(=O)CCc2c(C)[nH]c(=O)c(C#N)c2C)c(C)c1. The lowest BCUT2D eigenvalue weighted by Gasteiger charge is -2.13. The van der Waals surface area contributed by atoms with E-state index in [4.69, 9.17) is 10.00 Å². The molecule has 7 heteroatoms. The first kappa shape index (κ1) is 21.9. The van der Waals surface area contributed by atoms with Crippen molar-refractivity contribution in [2.75, 3.05) is 11.9 Å². The number of anilines is 1. The van der Waals surface area contributed by atoms with Gasteiger partial charge in [-0.15, -0.1) is 0 Å². The molecule has 0 atom stereocenters. The summed E-state index contributed by atoms with van der Waals surface area (Å²) in [5.41, 5.74) is 5.23. The number of hydrogen-bond donors (Lipinski definition) is 2. The molecule has 0 aliphatic heterocycles. The maximum Gasteiger partial charge on any atom is 0.306 e. The highest BCUT2D eigenvalue weighted by atomic mass is 16.5. The molecule has 0 radical (unpaired) electrons. The van der Waals surface area contributed by atoms with Crippen LogP contribution in [-0.2, 0) is 20.7 Å². The van der Waals surface area contributed by atoms with E-state index in [1.165, 1.54) is 0 Å². The summed E-state index contributed by atoms with van der Waals surface area (Å²) in [6, 6.07) is 5.82. The second-order valence-corrected chi connectivity index (χ2v) is 7.15. The monoisotopic (exact) mass is 395 g/mol. The number of nitrogens with zero attached hydrogens (tertiary/aromatic N) is 1. The van der Waals surface area contributed by atoms with Crippen molar-refractivity contribution in [1.82, 2.24) is 4.98 Å². The largest absolute Gasteiger partial charge is 0.456 e. The third-order valence-electron chi connectivity index (χ3n) is 4.81. The van der Waals surface area contributed by atoms with Gasteiger partial charge in [-0.2, -0.15) is 5.26 Å². The fourth-order valence-electron chi connectivity index (χ4n) is 3.42. The summed E-state index contributed by atoms with van der Waals surface area (Å²) < 4.78 is 5.07. The third-order valence-corrected chi connectivity index (χ3v) is 4.81. The zero-order valence-electron chi connectivity index (χ0n) is 17.4. The highest BCUT2D eigenvalue weighted by molar-refractivity contribution is 5.94. The first-order chi connectivity index (χ1) is 13.6. The van der Waals surface area contributed by atoms with Crippen LogP contribution in [0.2, 0.25) is 0 Å². The van der Waals surface area contributed by atoms with Crippen LogP contribution in [0.3, 0.4) is 0 Å². The molecule has 1 amide bonds. The summed E-state index contributed by atoms with van der Waals surface area (Å²) in [6.07, 6.45) is 0.341. The van der Waals surface area contributed by atoms with Crippen LogP contribution in [0.4, 0.5) is 5.69 Å². The van der Waals surface area contributed by atoms with E-state index in [0.717, 1.165) is 27.9 Å². The molecule has 0 saturated carbocycles. The van der Waals surface area contributed by atoms with Crippen LogP contribution in [0.25, 0.3) is 0 Å². The van der Waals surface area contributed by atoms with Crippen molar-refractivity contribution in [2.24, 2.45) is 0 Å². The number of nitrogens with one attached hydrogen (secondary N) is 2. The highest BCUT2D eigenvalue weighted by Crippen LogP contribution is 2.21. The zero-order valence-corrected chi connectivity index (χ0v) is 17.4. The van der Waals surface area contributed by atoms with Crippen molar-refractivity contribution >= 4 is 17.6 Å². The Hall–Kier alpha value is -3.40. The minimum atomic E-state index is -0.527. The fourth-order valence-corrected chi connectivity index (χ4v) is 3.42. The number of aromatic amines is 1. The Balaban J connectivity index is 1.94. The van der Waals surface area contributed by atoms with Crippen LogP contribution in [0.1, 0.15) is 45.5 Å². The average molecular weight is 395 g/mol. The Morgan fingerprint density at radius 1 is 1.14 bits per heavy atom. The Kier molecular flexibility index (Phi) is 6.94. The van der Waals surface area contributed by atoms with E-state index in [-0.39, 0.29) is 18.6 Å². The summed E-state index contributed by atoms with van der Waals surface area (Å²) in [5.74, 6) is -0.933. The molecule has 29 heavy (non-hydrogen) atoms. The molecule has 1 heterocycles. The third kappa shape index (κ3) is 5.32. The van der Waals surface area contributed by atoms with Crippen LogP contribution in [0.15, 0.2) is 16.9 Å². The number of ether oxygens (including phenoxy) is 1. The van der Waals surface area contributed by atoms with Crippen molar-refractivity contribution in [3.63, 3.8) is 0 Å². The van der Waals surface area contributed by atoms with Crippen LogP contribution in [-0.4, -0.2) is 23.5 Å². The van der Waals surface area contributed by atoms with Crippen LogP contribution >= 0.6 is 0 Å². The van der Waals surface area contributed by atoms with Crippen molar-refractivity contribution in [2.45, 2.75) is 47.5 Å². The number of amides is 1. The molecule has 0 fully saturated rings. The number of rotatable bonds is 6. The van der Waals surface area contributed by atoms with Gasteiger partial charge in [-0.25, -0.2) is 0 Å². The van der Waals surface area contributed by atoms with Crippen molar-refractivity contribution in [1.29, 1.82) is 5.26 Å². The topological polar surface area (TPSA) is 112 Å². The fraction of sp³-hybridized carbons (Fsp3) is 0.364. The molecule has 0 bridgehead atoms. The summed E-state index contributed by atoms with van der Waals surface area (Å²) in [6.45, 7) is 8.83. The van der Waals surface area contributed by atoms with E-state index in [1.54, 1.807) is 13.8 Å². The van der Waals surface area contributed by atoms with Gasteiger partial charge >= 0.3 is 5.97 Å². The lowest BCUT2D eigenvalue weighted by Crippen LogP contribution is -2.22. The maximum absolute atomic E-state index is 12.1. The van der Waals surface area contributed by atoms with Gasteiger partial charge in [-0.3, -0.25) is 14.4 Å². The lowest BCUT2D eigenvalue weighted by atomic mass is 9.99. The van der Waals surface area contributed by atoms with Crippen LogP contribution < -0.4 is 10.9 Å². The van der Waals surface area contributed by atoms with Crippen LogP contribution in [0.5, 0.6) is 0 Å².